The van der Waals surface area contributed by atoms with Gasteiger partial charge in [-0.3, -0.25) is 24.6 Å². The average molecular weight is 475 g/mol. The summed E-state index contributed by atoms with van der Waals surface area (Å²) < 4.78 is 7.13. The van der Waals surface area contributed by atoms with Crippen LogP contribution in [0.4, 0.5) is 5.69 Å². The molecule has 0 atom stereocenters. The predicted octanol–water partition coefficient (Wildman–Crippen LogP) is 3.03. The van der Waals surface area contributed by atoms with Crippen molar-refractivity contribution >= 4 is 46.8 Å². The van der Waals surface area contributed by atoms with Gasteiger partial charge in [-0.15, -0.1) is 0 Å². The Morgan fingerprint density at radius 1 is 1.03 bits per heavy atom. The number of amides is 3. The molecule has 3 aromatic rings. The van der Waals surface area contributed by atoms with Crippen molar-refractivity contribution in [1.29, 1.82) is 0 Å². The molecule has 172 valence electrons. The van der Waals surface area contributed by atoms with Crippen LogP contribution >= 0.6 is 12.2 Å². The molecule has 9 heteroatoms. The minimum Gasteiger partial charge on any atom is -0.497 e. The first-order valence-electron chi connectivity index (χ1n) is 10.4. The van der Waals surface area contributed by atoms with E-state index in [9.17, 15) is 14.4 Å². The largest absolute Gasteiger partial charge is 0.497 e. The molecule has 1 aliphatic heterocycles. The van der Waals surface area contributed by atoms with Gasteiger partial charge in [0, 0.05) is 22.6 Å². The molecule has 0 saturated carbocycles. The van der Waals surface area contributed by atoms with Gasteiger partial charge in [-0.2, -0.15) is 0 Å². The highest BCUT2D eigenvalue weighted by Crippen LogP contribution is 2.27. The van der Waals surface area contributed by atoms with Crippen molar-refractivity contribution < 1.29 is 19.1 Å². The van der Waals surface area contributed by atoms with Gasteiger partial charge in [0.05, 0.1) is 12.8 Å². The molecular weight excluding hydrogens is 452 g/mol. The van der Waals surface area contributed by atoms with Crippen molar-refractivity contribution in [2.24, 2.45) is 5.73 Å². The second kappa shape index (κ2) is 8.95. The van der Waals surface area contributed by atoms with E-state index in [1.807, 2.05) is 24.5 Å². The summed E-state index contributed by atoms with van der Waals surface area (Å²) in [4.78, 5) is 38.6. The van der Waals surface area contributed by atoms with E-state index in [2.05, 4.69) is 5.32 Å². The third-order valence-electron chi connectivity index (χ3n) is 5.61. The molecule has 1 aromatic heterocycles. The molecule has 0 aliphatic carbocycles. The maximum absolute atomic E-state index is 13.3. The second-order valence-electron chi connectivity index (χ2n) is 7.73. The topological polar surface area (TPSA) is 107 Å². The molecule has 0 radical (unpaired) electrons. The minimum absolute atomic E-state index is 0.0114. The quantitative estimate of drug-likeness (QED) is 0.336. The number of nitrogens with zero attached hydrogens (tertiary/aromatic N) is 2. The molecule has 8 nitrogen and oxygen atoms in total. The van der Waals surface area contributed by atoms with Crippen LogP contribution in [0.2, 0.25) is 0 Å². The van der Waals surface area contributed by atoms with E-state index >= 15 is 0 Å². The molecule has 1 saturated heterocycles. The summed E-state index contributed by atoms with van der Waals surface area (Å²) in [6.07, 6.45) is 1.56. The second-order valence-corrected chi connectivity index (χ2v) is 8.12. The number of nitrogens with two attached hydrogens (primary N) is 1. The summed E-state index contributed by atoms with van der Waals surface area (Å²) >= 11 is 5.26. The van der Waals surface area contributed by atoms with Gasteiger partial charge in [0.25, 0.3) is 11.8 Å². The molecule has 2 aromatic carbocycles. The van der Waals surface area contributed by atoms with Crippen LogP contribution in [0.1, 0.15) is 27.3 Å². The highest BCUT2D eigenvalue weighted by Gasteiger charge is 2.34. The summed E-state index contributed by atoms with van der Waals surface area (Å²) in [5.41, 5.74) is 9.47. The van der Waals surface area contributed by atoms with Crippen LogP contribution in [-0.2, 0) is 9.59 Å². The van der Waals surface area contributed by atoms with E-state index in [1.165, 1.54) is 4.90 Å². The molecule has 0 bridgehead atoms. The molecule has 3 N–H and O–H groups in total. The first-order valence-corrected chi connectivity index (χ1v) is 10.8. The van der Waals surface area contributed by atoms with E-state index in [0.717, 1.165) is 17.1 Å². The molecule has 2 heterocycles. The first-order chi connectivity index (χ1) is 16.2. The molecule has 4 rings (SSSR count). The number of rotatable bonds is 5. The number of nitrogens with one attached hydrogen (secondary N) is 1. The van der Waals surface area contributed by atoms with Gasteiger partial charge < -0.3 is 15.0 Å². The van der Waals surface area contributed by atoms with Gasteiger partial charge in [0.15, 0.2) is 5.11 Å². The Labute approximate surface area is 201 Å². The van der Waals surface area contributed by atoms with Gasteiger partial charge in [-0.25, -0.2) is 0 Å². The zero-order chi connectivity index (χ0) is 24.6. The maximum atomic E-state index is 13.3. The monoisotopic (exact) mass is 474 g/mol. The highest BCUT2D eigenvalue weighted by molar-refractivity contribution is 7.80. The van der Waals surface area contributed by atoms with E-state index in [-0.39, 0.29) is 10.7 Å². The zero-order valence-corrected chi connectivity index (χ0v) is 19.6. The number of ether oxygens (including phenoxy) is 1. The number of aryl methyl sites for hydroxylation is 1. The third kappa shape index (κ3) is 4.08. The van der Waals surface area contributed by atoms with Crippen LogP contribution in [0.5, 0.6) is 5.75 Å². The van der Waals surface area contributed by atoms with Crippen LogP contribution in [0.15, 0.2) is 60.2 Å². The number of hydrogen-bond acceptors (Lipinski definition) is 5. The van der Waals surface area contributed by atoms with Crippen LogP contribution in [0.3, 0.4) is 0 Å². The van der Waals surface area contributed by atoms with Crippen LogP contribution in [0, 0.1) is 13.8 Å². The number of methoxy groups -OCH3 is 1. The standard InChI is InChI=1S/C25H22N4O4S/c1-14-12-17(15(2)28(14)18-6-4-16(5-7-18)22(26)30)13-21-23(31)27-25(34)29(24(21)32)19-8-10-20(33-3)11-9-19/h4-13H,1-3H3,(H2,26,30)(H,27,31,34)/b21-13+. The molecule has 3 amide bonds. The van der Waals surface area contributed by atoms with Gasteiger partial charge in [-0.1, -0.05) is 0 Å². The fraction of sp³-hybridized carbons (Fsp3) is 0.120. The van der Waals surface area contributed by atoms with Crippen molar-refractivity contribution in [3.05, 3.63) is 82.7 Å². The van der Waals surface area contributed by atoms with E-state index < -0.39 is 17.7 Å². The Bertz CT molecular complexity index is 1350. The van der Waals surface area contributed by atoms with Crippen molar-refractivity contribution in [3.8, 4) is 11.4 Å². The fourth-order valence-electron chi connectivity index (χ4n) is 3.88. The summed E-state index contributed by atoms with van der Waals surface area (Å²) in [5, 5.41) is 2.61. The molecule has 1 fully saturated rings. The number of hydrogen-bond donors (Lipinski definition) is 2. The Balaban J connectivity index is 1.72. The number of carbonyl (C=O) groups is 3. The normalized spacial score (nSPS) is 15.0. The van der Waals surface area contributed by atoms with Gasteiger partial charge in [-0.05, 0) is 92.3 Å². The predicted molar refractivity (Wildman–Crippen MR) is 133 cm³/mol. The van der Waals surface area contributed by atoms with E-state index in [1.54, 1.807) is 61.7 Å². The summed E-state index contributed by atoms with van der Waals surface area (Å²) in [5.74, 6) is -0.945. The number of aromatic nitrogens is 1. The van der Waals surface area contributed by atoms with Crippen molar-refractivity contribution in [1.82, 2.24) is 9.88 Å². The molecule has 1 aliphatic rings. The van der Waals surface area contributed by atoms with Crippen LogP contribution in [0.25, 0.3) is 11.8 Å². The number of carbonyl (C=O) groups excluding carboxylic acids is 3. The van der Waals surface area contributed by atoms with Crippen molar-refractivity contribution in [3.63, 3.8) is 0 Å². The van der Waals surface area contributed by atoms with E-state index in [4.69, 9.17) is 22.7 Å². The fourth-order valence-corrected chi connectivity index (χ4v) is 4.17. The van der Waals surface area contributed by atoms with Crippen molar-refractivity contribution in [2.75, 3.05) is 12.0 Å². The SMILES string of the molecule is COc1ccc(N2C(=O)/C(=C/c3cc(C)n(-c4ccc(C(N)=O)cc4)c3C)C(=O)NC2=S)cc1. The zero-order valence-electron chi connectivity index (χ0n) is 18.8. The lowest BCUT2D eigenvalue weighted by molar-refractivity contribution is -0.122. The lowest BCUT2D eigenvalue weighted by Gasteiger charge is -2.29. The number of primary amides is 1. The molecule has 0 unspecified atom stereocenters. The first kappa shape index (κ1) is 22.9. The summed E-state index contributed by atoms with van der Waals surface area (Å²) in [7, 11) is 1.55. The Hall–Kier alpha value is -4.24. The number of benzene rings is 2. The maximum Gasteiger partial charge on any atom is 0.270 e. The molecule has 34 heavy (non-hydrogen) atoms. The van der Waals surface area contributed by atoms with Crippen molar-refractivity contribution in [2.45, 2.75) is 13.8 Å². The Morgan fingerprint density at radius 2 is 1.65 bits per heavy atom. The summed E-state index contributed by atoms with van der Waals surface area (Å²) in [6, 6.07) is 15.6. The summed E-state index contributed by atoms with van der Waals surface area (Å²) in [6.45, 7) is 3.80. The van der Waals surface area contributed by atoms with Gasteiger partial charge >= 0.3 is 0 Å². The third-order valence-corrected chi connectivity index (χ3v) is 5.90. The Morgan fingerprint density at radius 3 is 2.24 bits per heavy atom. The number of anilines is 1. The molecular formula is C25H22N4O4S. The minimum atomic E-state index is -0.560. The lowest BCUT2D eigenvalue weighted by atomic mass is 10.1. The van der Waals surface area contributed by atoms with Gasteiger partial charge in [0.1, 0.15) is 11.3 Å². The van der Waals surface area contributed by atoms with Crippen LogP contribution in [-0.4, -0.2) is 34.5 Å². The van der Waals surface area contributed by atoms with Crippen LogP contribution < -0.4 is 20.7 Å². The number of thiocarbonyl (C=S) groups is 1. The molecule has 0 spiro atoms. The highest BCUT2D eigenvalue weighted by atomic mass is 32.1. The average Bonchev–Trinajstić information content (AvgIpc) is 3.09. The van der Waals surface area contributed by atoms with Gasteiger partial charge in [0.2, 0.25) is 5.91 Å². The Kier molecular flexibility index (Phi) is 6.04. The lowest BCUT2D eigenvalue weighted by Crippen LogP contribution is -2.54. The smallest absolute Gasteiger partial charge is 0.270 e. The van der Waals surface area contributed by atoms with E-state index in [0.29, 0.717) is 22.6 Å².